The summed E-state index contributed by atoms with van der Waals surface area (Å²) in [5.74, 6) is 0. The van der Waals surface area contributed by atoms with Gasteiger partial charge in [0.05, 0.1) is 13.5 Å². The van der Waals surface area contributed by atoms with Crippen LogP contribution >= 0.6 is 0 Å². The van der Waals surface area contributed by atoms with E-state index in [1.54, 1.807) is 0 Å². The third kappa shape index (κ3) is 3.69. The predicted molar refractivity (Wildman–Crippen MR) is 53.6 cm³/mol. The first-order valence-corrected chi connectivity index (χ1v) is 8.78. The molecular weight excluding hydrogens is 192 g/mol. The van der Waals surface area contributed by atoms with Gasteiger partial charge in [0.25, 0.3) is 10.1 Å². The third-order valence-electron chi connectivity index (χ3n) is 2.74. The summed E-state index contributed by atoms with van der Waals surface area (Å²) in [5, 5.41) is 0.0312. The minimum Gasteiger partial charge on any atom is -0.286 e. The van der Waals surface area contributed by atoms with Crippen LogP contribution in [0.25, 0.3) is 0 Å². The molecule has 0 saturated heterocycles. The molecule has 1 N–H and O–H groups in total. The van der Waals surface area contributed by atoms with Crippen molar-refractivity contribution in [2.45, 2.75) is 38.9 Å². The van der Waals surface area contributed by atoms with Gasteiger partial charge in [-0.2, -0.15) is 8.42 Å². The quantitative estimate of drug-likeness (QED) is 0.557. The molecule has 0 aromatic heterocycles. The van der Waals surface area contributed by atoms with E-state index < -0.39 is 18.2 Å². The van der Waals surface area contributed by atoms with Crippen molar-refractivity contribution in [1.29, 1.82) is 0 Å². The molecule has 0 fully saturated rings. The van der Waals surface area contributed by atoms with Gasteiger partial charge < -0.3 is 0 Å². The second-order valence-corrected chi connectivity index (χ2v) is 10.7. The monoisotopic (exact) mass is 210 g/mol. The van der Waals surface area contributed by atoms with Crippen LogP contribution in [0.15, 0.2) is 0 Å². The minimum atomic E-state index is -3.76. The van der Waals surface area contributed by atoms with Gasteiger partial charge >= 0.3 is 0 Å². The maximum atomic E-state index is 10.7. The molecule has 0 aliphatic carbocycles. The maximum Gasteiger partial charge on any atom is 0.262 e. The first-order chi connectivity index (χ1) is 5.39. The largest absolute Gasteiger partial charge is 0.286 e. The van der Waals surface area contributed by atoms with Gasteiger partial charge in [0.1, 0.15) is 0 Å². The molecule has 3 nitrogen and oxygen atoms in total. The summed E-state index contributed by atoms with van der Waals surface area (Å²) in [4.78, 5) is 0. The molecule has 0 unspecified atom stereocenters. The Kier molecular flexibility index (Phi) is 4.43. The van der Waals surface area contributed by atoms with E-state index in [0.717, 1.165) is 18.1 Å². The Morgan fingerprint density at radius 3 is 1.50 bits per heavy atom. The highest BCUT2D eigenvalue weighted by Crippen LogP contribution is 2.21. The summed E-state index contributed by atoms with van der Waals surface area (Å²) in [6.07, 6.45) is 0. The summed E-state index contributed by atoms with van der Waals surface area (Å²) < 4.78 is 30.2. The van der Waals surface area contributed by atoms with Crippen LogP contribution in [0.4, 0.5) is 0 Å². The summed E-state index contributed by atoms with van der Waals surface area (Å²) >= 11 is 0. The Labute approximate surface area is 75.9 Å². The molecule has 0 spiro atoms. The van der Waals surface area contributed by atoms with Gasteiger partial charge in [-0.25, -0.2) is 0 Å². The summed E-state index contributed by atoms with van der Waals surface area (Å²) in [6, 6.07) is 2.79. The average molecular weight is 210 g/mol. The van der Waals surface area contributed by atoms with Crippen molar-refractivity contribution in [1.82, 2.24) is 0 Å². The molecule has 0 radical (unpaired) electrons. The van der Waals surface area contributed by atoms with E-state index in [1.807, 2.05) is 20.8 Å². The highest BCUT2D eigenvalue weighted by molar-refractivity contribution is 7.87. The van der Waals surface area contributed by atoms with Crippen LogP contribution in [0.2, 0.25) is 18.1 Å². The van der Waals surface area contributed by atoms with Gasteiger partial charge in [-0.05, 0) is 0 Å². The SMILES string of the molecule is CC[Si](CC)(CC)CS(=O)(=O)O. The van der Waals surface area contributed by atoms with Crippen LogP contribution in [0, 0.1) is 0 Å². The topological polar surface area (TPSA) is 54.4 Å². The zero-order valence-electron chi connectivity index (χ0n) is 8.00. The number of hydrogen-bond acceptors (Lipinski definition) is 2. The fraction of sp³-hybridized carbons (Fsp3) is 1.00. The van der Waals surface area contributed by atoms with E-state index in [0.29, 0.717) is 0 Å². The lowest BCUT2D eigenvalue weighted by Gasteiger charge is -2.25. The Bertz CT molecular complexity index is 211. The lowest BCUT2D eigenvalue weighted by atomic mass is 10.9. The lowest BCUT2D eigenvalue weighted by Crippen LogP contribution is -2.40. The van der Waals surface area contributed by atoms with E-state index in [2.05, 4.69) is 0 Å². The predicted octanol–water partition coefficient (Wildman–Crippen LogP) is 1.92. The van der Waals surface area contributed by atoms with Crippen molar-refractivity contribution in [2.24, 2.45) is 0 Å². The fourth-order valence-electron chi connectivity index (χ4n) is 1.44. The number of rotatable bonds is 5. The highest BCUT2D eigenvalue weighted by atomic mass is 32.2. The summed E-state index contributed by atoms with van der Waals surface area (Å²) in [7, 11) is -5.45. The highest BCUT2D eigenvalue weighted by Gasteiger charge is 2.31. The first kappa shape index (κ1) is 12.1. The van der Waals surface area contributed by atoms with Crippen molar-refractivity contribution in [3.8, 4) is 0 Å². The zero-order valence-corrected chi connectivity index (χ0v) is 9.82. The van der Waals surface area contributed by atoms with E-state index in [-0.39, 0.29) is 5.38 Å². The van der Waals surface area contributed by atoms with Crippen LogP contribution < -0.4 is 0 Å². The standard InChI is InChI=1S/C7H18O3SSi/c1-4-12(5-2,6-3)7-11(8,9)10/h4-7H2,1-3H3,(H,8,9,10). The van der Waals surface area contributed by atoms with E-state index >= 15 is 0 Å². The fourth-order valence-corrected chi connectivity index (χ4v) is 8.49. The summed E-state index contributed by atoms with van der Waals surface area (Å²) in [6.45, 7) is 6.05. The van der Waals surface area contributed by atoms with E-state index in [4.69, 9.17) is 4.55 Å². The maximum absolute atomic E-state index is 10.7. The van der Waals surface area contributed by atoms with Gasteiger partial charge in [-0.15, -0.1) is 0 Å². The molecule has 0 aliphatic heterocycles. The van der Waals surface area contributed by atoms with E-state index in [1.165, 1.54) is 0 Å². The molecule has 0 rings (SSSR count). The molecule has 0 aromatic carbocycles. The van der Waals surface area contributed by atoms with Gasteiger partial charge in [-0.1, -0.05) is 38.9 Å². The number of hydrogen-bond donors (Lipinski definition) is 1. The van der Waals surface area contributed by atoms with Gasteiger partial charge in [0, 0.05) is 0 Å². The smallest absolute Gasteiger partial charge is 0.262 e. The van der Waals surface area contributed by atoms with Gasteiger partial charge in [-0.3, -0.25) is 4.55 Å². The molecule has 12 heavy (non-hydrogen) atoms. The minimum absolute atomic E-state index is 0.0312. The van der Waals surface area contributed by atoms with Crippen molar-refractivity contribution < 1.29 is 13.0 Å². The van der Waals surface area contributed by atoms with Crippen LogP contribution in [0.3, 0.4) is 0 Å². The Morgan fingerprint density at radius 2 is 1.42 bits per heavy atom. The Hall–Kier alpha value is 0.127. The molecule has 0 saturated carbocycles. The van der Waals surface area contributed by atoms with Crippen molar-refractivity contribution in [2.75, 3.05) is 5.38 Å². The van der Waals surface area contributed by atoms with Crippen LogP contribution in [-0.2, 0) is 10.1 Å². The molecule has 74 valence electrons. The summed E-state index contributed by atoms with van der Waals surface area (Å²) in [5.41, 5.74) is 0. The first-order valence-electron chi connectivity index (χ1n) is 4.34. The van der Waals surface area contributed by atoms with Crippen molar-refractivity contribution in [3.63, 3.8) is 0 Å². The Morgan fingerprint density at radius 1 is 1.08 bits per heavy atom. The second-order valence-electron chi connectivity index (χ2n) is 3.29. The van der Waals surface area contributed by atoms with Gasteiger partial charge in [0.2, 0.25) is 0 Å². The zero-order chi connectivity index (χ0) is 9.83. The Balaban J connectivity index is 4.52. The van der Waals surface area contributed by atoms with Crippen LogP contribution in [0.1, 0.15) is 20.8 Å². The van der Waals surface area contributed by atoms with Gasteiger partial charge in [0.15, 0.2) is 0 Å². The molecule has 0 amide bonds. The molecule has 0 aliphatic rings. The van der Waals surface area contributed by atoms with Crippen molar-refractivity contribution >= 4 is 18.2 Å². The van der Waals surface area contributed by atoms with E-state index in [9.17, 15) is 8.42 Å². The molecule has 0 aromatic rings. The normalized spacial score (nSPS) is 13.3. The van der Waals surface area contributed by atoms with Crippen LogP contribution in [0.5, 0.6) is 0 Å². The molecule has 5 heteroatoms. The van der Waals surface area contributed by atoms with Crippen molar-refractivity contribution in [3.05, 3.63) is 0 Å². The van der Waals surface area contributed by atoms with Crippen LogP contribution in [-0.4, -0.2) is 26.4 Å². The molecule has 0 bridgehead atoms. The lowest BCUT2D eigenvalue weighted by molar-refractivity contribution is 0.487. The molecule has 0 heterocycles. The molecular formula is C7H18O3SSi. The average Bonchev–Trinajstić information content (AvgIpc) is 1.99. The molecule has 0 atom stereocenters. The third-order valence-corrected chi connectivity index (χ3v) is 11.1. The second kappa shape index (κ2) is 4.39.